The lowest BCUT2D eigenvalue weighted by Gasteiger charge is -2.36. The fourth-order valence-electron chi connectivity index (χ4n) is 3.63. The summed E-state index contributed by atoms with van der Waals surface area (Å²) in [6, 6.07) is 12.2. The summed E-state index contributed by atoms with van der Waals surface area (Å²) in [6.45, 7) is 7.16. The van der Waals surface area contributed by atoms with Crippen molar-refractivity contribution in [2.75, 3.05) is 36.4 Å². The van der Waals surface area contributed by atoms with Crippen LogP contribution in [0.15, 0.2) is 48.8 Å². The minimum Gasteiger partial charge on any atom is -0.380 e. The van der Waals surface area contributed by atoms with E-state index in [0.717, 1.165) is 41.1 Å². The number of aromatic amines is 1. The van der Waals surface area contributed by atoms with Gasteiger partial charge in [0.15, 0.2) is 5.82 Å². The number of rotatable bonds is 4. The fraction of sp³-hybridized carbons (Fsp3) is 0.333. The highest BCUT2D eigenvalue weighted by atomic mass is 16.2. The van der Waals surface area contributed by atoms with E-state index in [9.17, 15) is 4.79 Å². The first-order valence-electron chi connectivity index (χ1n) is 9.45. The van der Waals surface area contributed by atoms with Gasteiger partial charge in [-0.05, 0) is 38.1 Å². The maximum absolute atomic E-state index is 13.0. The summed E-state index contributed by atoms with van der Waals surface area (Å²) in [6.07, 6.45) is 3.70. The van der Waals surface area contributed by atoms with E-state index in [1.54, 1.807) is 0 Å². The molecular formula is C21H25N5O. The number of H-pyrrole nitrogens is 1. The molecule has 6 nitrogen and oxygen atoms in total. The fourth-order valence-corrected chi connectivity index (χ4v) is 3.63. The highest BCUT2D eigenvalue weighted by Gasteiger charge is 2.25. The van der Waals surface area contributed by atoms with E-state index >= 15 is 0 Å². The second-order valence-electron chi connectivity index (χ2n) is 7.20. The lowest BCUT2D eigenvalue weighted by Crippen LogP contribution is -2.49. The number of nitrogens with zero attached hydrogens (tertiary/aromatic N) is 3. The number of aromatic nitrogens is 2. The van der Waals surface area contributed by atoms with Crippen LogP contribution in [-0.4, -0.2) is 53.0 Å². The molecular weight excluding hydrogens is 338 g/mol. The number of piperazine rings is 1. The highest BCUT2D eigenvalue weighted by molar-refractivity contribution is 6.05. The van der Waals surface area contributed by atoms with Gasteiger partial charge in [0.2, 0.25) is 0 Å². The molecule has 0 spiro atoms. The van der Waals surface area contributed by atoms with Gasteiger partial charge in [-0.1, -0.05) is 12.1 Å². The van der Waals surface area contributed by atoms with Crippen molar-refractivity contribution in [3.05, 3.63) is 54.4 Å². The van der Waals surface area contributed by atoms with Crippen molar-refractivity contribution in [2.45, 2.75) is 19.9 Å². The number of fused-ring (bicyclic) bond motifs is 1. The molecule has 6 heteroatoms. The van der Waals surface area contributed by atoms with Gasteiger partial charge in [0.05, 0.1) is 16.8 Å². The van der Waals surface area contributed by atoms with Gasteiger partial charge in [0, 0.05) is 50.0 Å². The van der Waals surface area contributed by atoms with E-state index < -0.39 is 0 Å². The minimum absolute atomic E-state index is 0.0873. The monoisotopic (exact) mass is 363 g/mol. The molecule has 2 aromatic heterocycles. The third-order valence-corrected chi connectivity index (χ3v) is 4.91. The first kappa shape index (κ1) is 17.4. The maximum Gasteiger partial charge on any atom is 0.256 e. The molecule has 0 saturated carbocycles. The van der Waals surface area contributed by atoms with Gasteiger partial charge in [-0.2, -0.15) is 0 Å². The highest BCUT2D eigenvalue weighted by Crippen LogP contribution is 2.25. The predicted octanol–water partition coefficient (Wildman–Crippen LogP) is 3.35. The molecule has 0 bridgehead atoms. The molecule has 1 aromatic carbocycles. The van der Waals surface area contributed by atoms with Crippen molar-refractivity contribution in [1.29, 1.82) is 0 Å². The van der Waals surface area contributed by atoms with Crippen LogP contribution in [0.4, 0.5) is 11.5 Å². The summed E-state index contributed by atoms with van der Waals surface area (Å²) < 4.78 is 0. The SMILES string of the molecule is CC(C)Nc1cccnc1N1CCN(C(=O)c2cccc3cc[nH]c23)CC1. The first-order chi connectivity index (χ1) is 13.1. The lowest BCUT2D eigenvalue weighted by molar-refractivity contribution is 0.0748. The van der Waals surface area contributed by atoms with Gasteiger partial charge >= 0.3 is 0 Å². The van der Waals surface area contributed by atoms with Crippen molar-refractivity contribution in [1.82, 2.24) is 14.9 Å². The Morgan fingerprint density at radius 3 is 2.70 bits per heavy atom. The van der Waals surface area contributed by atoms with Gasteiger partial charge in [0.25, 0.3) is 5.91 Å². The number of carbonyl (C=O) groups is 1. The van der Waals surface area contributed by atoms with Crippen LogP contribution in [0.25, 0.3) is 10.9 Å². The second kappa shape index (κ2) is 7.31. The molecule has 0 aliphatic carbocycles. The van der Waals surface area contributed by atoms with Gasteiger partial charge < -0.3 is 20.1 Å². The Hall–Kier alpha value is -3.02. The largest absolute Gasteiger partial charge is 0.380 e. The molecule has 0 unspecified atom stereocenters. The Labute approximate surface area is 159 Å². The maximum atomic E-state index is 13.0. The smallest absolute Gasteiger partial charge is 0.256 e. The molecule has 4 rings (SSSR count). The summed E-state index contributed by atoms with van der Waals surface area (Å²) >= 11 is 0. The second-order valence-corrected chi connectivity index (χ2v) is 7.20. The number of nitrogens with one attached hydrogen (secondary N) is 2. The molecule has 1 fully saturated rings. The summed E-state index contributed by atoms with van der Waals surface area (Å²) in [4.78, 5) is 25.0. The molecule has 1 aliphatic rings. The van der Waals surface area contributed by atoms with Crippen LogP contribution in [0.3, 0.4) is 0 Å². The average molecular weight is 363 g/mol. The van der Waals surface area contributed by atoms with Crippen molar-refractivity contribution in [2.24, 2.45) is 0 Å². The van der Waals surface area contributed by atoms with Crippen LogP contribution in [0, 0.1) is 0 Å². The topological polar surface area (TPSA) is 64.3 Å². The average Bonchev–Trinajstić information content (AvgIpc) is 3.16. The Morgan fingerprint density at radius 2 is 1.93 bits per heavy atom. The third-order valence-electron chi connectivity index (χ3n) is 4.91. The minimum atomic E-state index is 0.0873. The Balaban J connectivity index is 1.48. The van der Waals surface area contributed by atoms with Crippen molar-refractivity contribution in [3.8, 4) is 0 Å². The number of carbonyl (C=O) groups excluding carboxylic acids is 1. The van der Waals surface area contributed by atoms with E-state index in [1.807, 2.05) is 47.6 Å². The zero-order chi connectivity index (χ0) is 18.8. The standard InChI is InChI=1S/C21H25N5O/c1-15(2)24-18-7-4-9-23-20(18)25-11-13-26(14-12-25)21(27)17-6-3-5-16-8-10-22-19(16)17/h3-10,15,22,24H,11-14H2,1-2H3. The van der Waals surface area contributed by atoms with Crippen LogP contribution in [0.5, 0.6) is 0 Å². The molecule has 1 amide bonds. The van der Waals surface area contributed by atoms with E-state index in [2.05, 4.69) is 40.1 Å². The number of para-hydroxylation sites is 1. The number of anilines is 2. The van der Waals surface area contributed by atoms with Crippen molar-refractivity contribution >= 4 is 28.3 Å². The van der Waals surface area contributed by atoms with Crippen LogP contribution >= 0.6 is 0 Å². The molecule has 0 radical (unpaired) electrons. The normalized spacial score (nSPS) is 14.8. The summed E-state index contributed by atoms with van der Waals surface area (Å²) in [5.74, 6) is 1.05. The number of hydrogen-bond donors (Lipinski definition) is 2. The van der Waals surface area contributed by atoms with Gasteiger partial charge in [-0.15, -0.1) is 0 Å². The molecule has 2 N–H and O–H groups in total. The van der Waals surface area contributed by atoms with E-state index in [0.29, 0.717) is 19.1 Å². The van der Waals surface area contributed by atoms with E-state index in [1.165, 1.54) is 0 Å². The quantitative estimate of drug-likeness (QED) is 0.746. The number of pyridine rings is 1. The number of benzene rings is 1. The molecule has 3 heterocycles. The van der Waals surface area contributed by atoms with Crippen LogP contribution < -0.4 is 10.2 Å². The number of hydrogen-bond acceptors (Lipinski definition) is 4. The Kier molecular flexibility index (Phi) is 4.71. The Morgan fingerprint density at radius 1 is 1.11 bits per heavy atom. The molecule has 1 aliphatic heterocycles. The van der Waals surface area contributed by atoms with Gasteiger partial charge in [-0.25, -0.2) is 4.98 Å². The van der Waals surface area contributed by atoms with Crippen molar-refractivity contribution < 1.29 is 4.79 Å². The Bertz CT molecular complexity index is 940. The molecule has 1 saturated heterocycles. The number of amides is 1. The zero-order valence-corrected chi connectivity index (χ0v) is 15.8. The predicted molar refractivity (Wildman–Crippen MR) is 109 cm³/mol. The molecule has 140 valence electrons. The summed E-state index contributed by atoms with van der Waals surface area (Å²) in [7, 11) is 0. The summed E-state index contributed by atoms with van der Waals surface area (Å²) in [5.41, 5.74) is 2.70. The lowest BCUT2D eigenvalue weighted by atomic mass is 10.1. The molecule has 27 heavy (non-hydrogen) atoms. The van der Waals surface area contributed by atoms with Crippen LogP contribution in [-0.2, 0) is 0 Å². The van der Waals surface area contributed by atoms with Crippen LogP contribution in [0.1, 0.15) is 24.2 Å². The van der Waals surface area contributed by atoms with Crippen LogP contribution in [0.2, 0.25) is 0 Å². The molecule has 0 atom stereocenters. The van der Waals surface area contributed by atoms with Gasteiger partial charge in [-0.3, -0.25) is 4.79 Å². The van der Waals surface area contributed by atoms with E-state index in [-0.39, 0.29) is 5.91 Å². The zero-order valence-electron chi connectivity index (χ0n) is 15.8. The third kappa shape index (κ3) is 3.47. The summed E-state index contributed by atoms with van der Waals surface area (Å²) in [5, 5.41) is 4.53. The molecule has 3 aromatic rings. The first-order valence-corrected chi connectivity index (χ1v) is 9.45. The van der Waals surface area contributed by atoms with Gasteiger partial charge in [0.1, 0.15) is 0 Å². The van der Waals surface area contributed by atoms with E-state index in [4.69, 9.17) is 0 Å². The van der Waals surface area contributed by atoms with Crippen molar-refractivity contribution in [3.63, 3.8) is 0 Å².